The second-order valence-corrected chi connectivity index (χ2v) is 5.85. The summed E-state index contributed by atoms with van der Waals surface area (Å²) in [5.41, 5.74) is 2.46. The van der Waals surface area contributed by atoms with Crippen LogP contribution in [0.1, 0.15) is 15.9 Å². The van der Waals surface area contributed by atoms with E-state index in [0.29, 0.717) is 22.0 Å². The minimum Gasteiger partial charge on any atom is -0.298 e. The van der Waals surface area contributed by atoms with Crippen molar-refractivity contribution in [2.75, 3.05) is 5.32 Å². The summed E-state index contributed by atoms with van der Waals surface area (Å²) in [5, 5.41) is 4.78. The predicted molar refractivity (Wildman–Crippen MR) is 86.6 cm³/mol. The average Bonchev–Trinajstić information content (AvgIpc) is 2.98. The highest BCUT2D eigenvalue weighted by Crippen LogP contribution is 2.26. The van der Waals surface area contributed by atoms with Gasteiger partial charge in [0.05, 0.1) is 5.69 Å². The highest BCUT2D eigenvalue weighted by Gasteiger charge is 2.11. The maximum atomic E-state index is 13.3. The molecule has 3 aromatic rings. The third-order valence-corrected chi connectivity index (χ3v) is 3.98. The van der Waals surface area contributed by atoms with Gasteiger partial charge in [-0.1, -0.05) is 17.7 Å². The lowest BCUT2D eigenvalue weighted by Crippen LogP contribution is -2.11. The molecule has 6 heteroatoms. The van der Waals surface area contributed by atoms with Crippen LogP contribution in [0.3, 0.4) is 0 Å². The van der Waals surface area contributed by atoms with Crippen LogP contribution < -0.4 is 5.32 Å². The van der Waals surface area contributed by atoms with Gasteiger partial charge in [0.25, 0.3) is 5.91 Å². The van der Waals surface area contributed by atoms with Gasteiger partial charge >= 0.3 is 0 Å². The van der Waals surface area contributed by atoms with Crippen molar-refractivity contribution < 1.29 is 13.6 Å². The number of nitrogens with zero attached hydrogens (tertiary/aromatic N) is 1. The maximum absolute atomic E-state index is 13.3. The first kappa shape index (κ1) is 15.3. The summed E-state index contributed by atoms with van der Waals surface area (Å²) >= 11 is 1.22. The first-order valence-electron chi connectivity index (χ1n) is 6.82. The van der Waals surface area contributed by atoms with E-state index >= 15 is 0 Å². The predicted octanol–water partition coefficient (Wildman–Crippen LogP) is 4.65. The minimum absolute atomic E-state index is 0.264. The normalized spacial score (nSPS) is 10.6. The minimum atomic E-state index is -0.930. The fourth-order valence-corrected chi connectivity index (χ4v) is 2.79. The molecule has 1 amide bonds. The summed E-state index contributed by atoms with van der Waals surface area (Å²) in [7, 11) is 0. The molecule has 0 saturated carbocycles. The number of aromatic nitrogens is 1. The van der Waals surface area contributed by atoms with Crippen LogP contribution in [0.15, 0.2) is 47.8 Å². The van der Waals surface area contributed by atoms with E-state index in [-0.39, 0.29) is 5.91 Å². The van der Waals surface area contributed by atoms with Crippen molar-refractivity contribution in [1.29, 1.82) is 0 Å². The van der Waals surface area contributed by atoms with Gasteiger partial charge in [-0.3, -0.25) is 10.1 Å². The van der Waals surface area contributed by atoms with Crippen LogP contribution in [0.4, 0.5) is 13.9 Å². The molecule has 0 fully saturated rings. The molecular formula is C17H12F2N2OS. The van der Waals surface area contributed by atoms with E-state index in [0.717, 1.165) is 17.7 Å². The van der Waals surface area contributed by atoms with E-state index in [4.69, 9.17) is 0 Å². The maximum Gasteiger partial charge on any atom is 0.257 e. The number of halogens is 2. The molecule has 0 radical (unpaired) electrons. The Bertz CT molecular complexity index is 877. The highest BCUT2D eigenvalue weighted by atomic mass is 32.1. The first-order valence-corrected chi connectivity index (χ1v) is 7.70. The van der Waals surface area contributed by atoms with E-state index in [1.807, 2.05) is 13.0 Å². The number of carbonyl (C=O) groups is 1. The number of anilines is 1. The number of hydrogen-bond donors (Lipinski definition) is 1. The van der Waals surface area contributed by atoms with E-state index in [1.54, 1.807) is 23.6 Å². The lowest BCUT2D eigenvalue weighted by molar-refractivity contribution is 0.102. The number of aryl methyl sites for hydroxylation is 1. The molecule has 0 saturated heterocycles. The molecule has 2 aromatic carbocycles. The number of hydrogen-bond acceptors (Lipinski definition) is 3. The van der Waals surface area contributed by atoms with Gasteiger partial charge in [0.15, 0.2) is 16.8 Å². The van der Waals surface area contributed by atoms with Gasteiger partial charge in [0.1, 0.15) is 0 Å². The van der Waals surface area contributed by atoms with E-state index in [2.05, 4.69) is 10.3 Å². The van der Waals surface area contributed by atoms with Gasteiger partial charge < -0.3 is 0 Å². The zero-order valence-corrected chi connectivity index (χ0v) is 13.0. The Labute approximate surface area is 135 Å². The third-order valence-electron chi connectivity index (χ3n) is 3.22. The van der Waals surface area contributed by atoms with Crippen LogP contribution in [0, 0.1) is 18.6 Å². The van der Waals surface area contributed by atoms with Crippen LogP contribution in [0.25, 0.3) is 11.3 Å². The first-order chi connectivity index (χ1) is 11.0. The van der Waals surface area contributed by atoms with E-state index in [9.17, 15) is 13.6 Å². The van der Waals surface area contributed by atoms with Gasteiger partial charge in [-0.05, 0) is 37.3 Å². The summed E-state index contributed by atoms with van der Waals surface area (Å²) in [5.74, 6) is -2.10. The number of rotatable bonds is 3. The molecule has 0 atom stereocenters. The molecule has 0 spiro atoms. The van der Waals surface area contributed by atoms with Crippen LogP contribution in [0.5, 0.6) is 0 Å². The SMILES string of the molecule is Cc1cccc(C(=O)Nc2nc(-c3ccc(F)c(F)c3)cs2)c1. The van der Waals surface area contributed by atoms with Gasteiger partial charge in [-0.15, -0.1) is 11.3 Å². The van der Waals surface area contributed by atoms with Crippen molar-refractivity contribution in [2.45, 2.75) is 6.92 Å². The highest BCUT2D eigenvalue weighted by molar-refractivity contribution is 7.14. The molecule has 0 aliphatic rings. The van der Waals surface area contributed by atoms with Crippen molar-refractivity contribution in [1.82, 2.24) is 4.98 Å². The molecule has 0 bridgehead atoms. The van der Waals surface area contributed by atoms with Crippen LogP contribution in [-0.4, -0.2) is 10.9 Å². The van der Waals surface area contributed by atoms with Gasteiger partial charge in [0.2, 0.25) is 0 Å². The second kappa shape index (κ2) is 6.26. The Morgan fingerprint density at radius 2 is 1.96 bits per heavy atom. The Morgan fingerprint density at radius 1 is 1.13 bits per heavy atom. The summed E-state index contributed by atoms with van der Waals surface area (Å²) in [6.45, 7) is 1.90. The van der Waals surface area contributed by atoms with Gasteiger partial charge in [-0.2, -0.15) is 0 Å². The quantitative estimate of drug-likeness (QED) is 0.759. The molecule has 0 aliphatic carbocycles. The van der Waals surface area contributed by atoms with Gasteiger partial charge in [-0.25, -0.2) is 13.8 Å². The van der Waals surface area contributed by atoms with Crippen molar-refractivity contribution in [3.8, 4) is 11.3 Å². The number of nitrogens with one attached hydrogen (secondary N) is 1. The van der Waals surface area contributed by atoms with Crippen molar-refractivity contribution >= 4 is 22.4 Å². The molecule has 1 aromatic heterocycles. The number of thiazole rings is 1. The Balaban J connectivity index is 1.79. The Morgan fingerprint density at radius 3 is 2.70 bits per heavy atom. The standard InChI is InChI=1S/C17H12F2N2OS/c1-10-3-2-4-12(7-10)16(22)21-17-20-15(9-23-17)11-5-6-13(18)14(19)8-11/h2-9H,1H3,(H,20,21,22). The Kier molecular flexibility index (Phi) is 4.16. The van der Waals surface area contributed by atoms with Crippen molar-refractivity contribution in [3.05, 3.63) is 70.6 Å². The zero-order chi connectivity index (χ0) is 16.4. The molecule has 0 aliphatic heterocycles. The monoisotopic (exact) mass is 330 g/mol. The smallest absolute Gasteiger partial charge is 0.257 e. The molecule has 3 rings (SSSR count). The number of benzene rings is 2. The summed E-state index contributed by atoms with van der Waals surface area (Å²) < 4.78 is 26.2. The summed E-state index contributed by atoms with van der Waals surface area (Å²) in [6, 6.07) is 10.8. The molecule has 1 heterocycles. The Hall–Kier alpha value is -2.60. The number of amides is 1. The second-order valence-electron chi connectivity index (χ2n) is 4.99. The van der Waals surface area contributed by atoms with E-state index in [1.165, 1.54) is 17.4 Å². The third kappa shape index (κ3) is 3.43. The van der Waals surface area contributed by atoms with Crippen molar-refractivity contribution in [3.63, 3.8) is 0 Å². The van der Waals surface area contributed by atoms with Crippen LogP contribution in [-0.2, 0) is 0 Å². The largest absolute Gasteiger partial charge is 0.298 e. The fourth-order valence-electron chi connectivity index (χ4n) is 2.07. The molecule has 116 valence electrons. The molecular weight excluding hydrogens is 318 g/mol. The van der Waals surface area contributed by atoms with Crippen molar-refractivity contribution in [2.24, 2.45) is 0 Å². The zero-order valence-electron chi connectivity index (χ0n) is 12.1. The van der Waals surface area contributed by atoms with Crippen LogP contribution in [0.2, 0.25) is 0 Å². The summed E-state index contributed by atoms with van der Waals surface area (Å²) in [6.07, 6.45) is 0. The molecule has 23 heavy (non-hydrogen) atoms. The van der Waals surface area contributed by atoms with Gasteiger partial charge in [0, 0.05) is 16.5 Å². The molecule has 3 nitrogen and oxygen atoms in total. The molecule has 1 N–H and O–H groups in total. The lowest BCUT2D eigenvalue weighted by Gasteiger charge is -2.02. The topological polar surface area (TPSA) is 42.0 Å². The van der Waals surface area contributed by atoms with Crippen LogP contribution >= 0.6 is 11.3 Å². The lowest BCUT2D eigenvalue weighted by atomic mass is 10.1. The molecule has 0 unspecified atom stereocenters. The summed E-state index contributed by atoms with van der Waals surface area (Å²) in [4.78, 5) is 16.4. The number of carbonyl (C=O) groups excluding carboxylic acids is 1. The van der Waals surface area contributed by atoms with E-state index < -0.39 is 11.6 Å². The fraction of sp³-hybridized carbons (Fsp3) is 0.0588. The average molecular weight is 330 g/mol.